The lowest BCUT2D eigenvalue weighted by atomic mass is 9.82. The Morgan fingerprint density at radius 2 is 1.96 bits per heavy atom. The molecule has 0 spiro atoms. The highest BCUT2D eigenvalue weighted by molar-refractivity contribution is 6.08. The number of methoxy groups -OCH3 is 1. The number of rotatable bonds is 4. The molecule has 2 amide bonds. The first-order valence-electron chi connectivity index (χ1n) is 8.77. The molecule has 0 bridgehead atoms. The molecular weight excluding hydrogens is 328 g/mol. The van der Waals surface area contributed by atoms with Crippen LogP contribution in [0.15, 0.2) is 42.5 Å². The van der Waals surface area contributed by atoms with Crippen LogP contribution in [0.2, 0.25) is 0 Å². The molecule has 136 valence electrons. The minimum Gasteiger partial charge on any atom is -0.497 e. The first-order valence-corrected chi connectivity index (χ1v) is 8.77. The third-order valence-electron chi connectivity index (χ3n) is 5.00. The molecule has 1 aliphatic heterocycles. The van der Waals surface area contributed by atoms with E-state index in [4.69, 9.17) is 10.5 Å². The number of amides is 2. The number of anilines is 1. The van der Waals surface area contributed by atoms with E-state index in [2.05, 4.69) is 0 Å². The van der Waals surface area contributed by atoms with Crippen LogP contribution < -0.4 is 15.4 Å². The second kappa shape index (κ2) is 7.20. The van der Waals surface area contributed by atoms with Crippen LogP contribution in [0.25, 0.3) is 0 Å². The molecule has 5 heteroatoms. The molecule has 0 aromatic heterocycles. The van der Waals surface area contributed by atoms with Gasteiger partial charge in [0.1, 0.15) is 5.75 Å². The third-order valence-corrected chi connectivity index (χ3v) is 5.00. The number of nitrogens with two attached hydrogens (primary N) is 1. The van der Waals surface area contributed by atoms with Gasteiger partial charge in [0.05, 0.1) is 12.8 Å². The van der Waals surface area contributed by atoms with Crippen LogP contribution in [0.4, 0.5) is 5.69 Å². The third kappa shape index (κ3) is 3.29. The smallest absolute Gasteiger partial charge is 0.258 e. The number of aryl methyl sites for hydroxylation is 1. The number of hydrogen-bond donors (Lipinski definition) is 1. The van der Waals surface area contributed by atoms with E-state index in [0.717, 1.165) is 16.8 Å². The van der Waals surface area contributed by atoms with E-state index < -0.39 is 0 Å². The summed E-state index contributed by atoms with van der Waals surface area (Å²) in [5, 5.41) is 0. The highest BCUT2D eigenvalue weighted by Gasteiger charge is 2.35. The second-order valence-electron chi connectivity index (χ2n) is 6.87. The lowest BCUT2D eigenvalue weighted by Gasteiger charge is -2.40. The molecular formula is C21H24N2O3. The minimum atomic E-state index is -0.317. The van der Waals surface area contributed by atoms with Crippen molar-refractivity contribution < 1.29 is 14.3 Å². The number of nitrogens with zero attached hydrogens (tertiary/aromatic N) is 1. The van der Waals surface area contributed by atoms with Gasteiger partial charge >= 0.3 is 0 Å². The Bertz CT molecular complexity index is 847. The summed E-state index contributed by atoms with van der Waals surface area (Å²) in [6.07, 6.45) is 0.997. The Labute approximate surface area is 153 Å². The van der Waals surface area contributed by atoms with Crippen molar-refractivity contribution in [2.45, 2.75) is 38.6 Å². The van der Waals surface area contributed by atoms with Crippen LogP contribution in [-0.4, -0.2) is 25.0 Å². The van der Waals surface area contributed by atoms with E-state index in [0.29, 0.717) is 24.2 Å². The van der Waals surface area contributed by atoms with Gasteiger partial charge in [0.15, 0.2) is 0 Å². The van der Waals surface area contributed by atoms with Crippen molar-refractivity contribution in [3.8, 4) is 5.75 Å². The second-order valence-corrected chi connectivity index (χ2v) is 6.87. The zero-order valence-electron chi connectivity index (χ0n) is 15.4. The maximum absolute atomic E-state index is 13.3. The molecule has 0 fully saturated rings. The highest BCUT2D eigenvalue weighted by atomic mass is 16.5. The summed E-state index contributed by atoms with van der Waals surface area (Å²) in [4.78, 5) is 26.6. The Kier molecular flexibility index (Phi) is 4.98. The normalized spacial score (nSPS) is 19.0. The van der Waals surface area contributed by atoms with Gasteiger partial charge in [-0.25, -0.2) is 0 Å². The number of fused-ring (bicyclic) bond motifs is 1. The van der Waals surface area contributed by atoms with Gasteiger partial charge in [0.2, 0.25) is 5.91 Å². The molecule has 2 N–H and O–H groups in total. The zero-order chi connectivity index (χ0) is 18.8. The van der Waals surface area contributed by atoms with Crippen molar-refractivity contribution in [1.82, 2.24) is 0 Å². The fraction of sp³-hybridized carbons (Fsp3) is 0.333. The maximum Gasteiger partial charge on any atom is 0.258 e. The summed E-state index contributed by atoms with van der Waals surface area (Å²) in [6.45, 7) is 4.01. The molecule has 3 rings (SSSR count). The summed E-state index contributed by atoms with van der Waals surface area (Å²) < 4.78 is 5.25. The molecule has 0 radical (unpaired) electrons. The average molecular weight is 352 g/mol. The molecule has 2 aromatic rings. The Hall–Kier alpha value is -2.82. The van der Waals surface area contributed by atoms with Crippen LogP contribution in [0.5, 0.6) is 5.75 Å². The Balaban J connectivity index is 2.06. The van der Waals surface area contributed by atoms with Gasteiger partial charge < -0.3 is 15.4 Å². The van der Waals surface area contributed by atoms with Crippen molar-refractivity contribution >= 4 is 17.5 Å². The van der Waals surface area contributed by atoms with Gasteiger partial charge in [0.25, 0.3) is 5.91 Å². The highest BCUT2D eigenvalue weighted by Crippen LogP contribution is 2.42. The number of hydrogen-bond acceptors (Lipinski definition) is 3. The van der Waals surface area contributed by atoms with Crippen molar-refractivity contribution in [2.24, 2.45) is 5.73 Å². The number of carbonyl (C=O) groups is 2. The van der Waals surface area contributed by atoms with E-state index >= 15 is 0 Å². The minimum absolute atomic E-state index is 0.0340. The van der Waals surface area contributed by atoms with Crippen molar-refractivity contribution in [2.75, 3.05) is 12.0 Å². The van der Waals surface area contributed by atoms with Crippen LogP contribution in [-0.2, 0) is 4.79 Å². The summed E-state index contributed by atoms with van der Waals surface area (Å²) in [6, 6.07) is 13.1. The van der Waals surface area contributed by atoms with Gasteiger partial charge in [0, 0.05) is 18.0 Å². The van der Waals surface area contributed by atoms with Crippen molar-refractivity contribution in [3.05, 3.63) is 59.2 Å². The van der Waals surface area contributed by atoms with Gasteiger partial charge in [-0.15, -0.1) is 0 Å². The van der Waals surface area contributed by atoms with Crippen LogP contribution in [0, 0.1) is 6.92 Å². The SMILES string of the molecule is COc1cccc(C(=O)N2c3c(C)cccc3C(CC(N)=O)CC2C)c1. The molecule has 0 saturated carbocycles. The van der Waals surface area contributed by atoms with Crippen LogP contribution in [0.1, 0.15) is 47.2 Å². The fourth-order valence-corrected chi connectivity index (χ4v) is 3.84. The van der Waals surface area contributed by atoms with Gasteiger partial charge in [-0.1, -0.05) is 24.3 Å². The molecule has 2 unspecified atom stereocenters. The summed E-state index contributed by atoms with van der Waals surface area (Å²) in [7, 11) is 1.58. The van der Waals surface area contributed by atoms with E-state index in [1.165, 1.54) is 0 Å². The first kappa shape index (κ1) is 18.0. The molecule has 1 aliphatic rings. The van der Waals surface area contributed by atoms with Crippen LogP contribution in [0.3, 0.4) is 0 Å². The molecule has 2 aromatic carbocycles. The Morgan fingerprint density at radius 1 is 1.23 bits per heavy atom. The molecule has 5 nitrogen and oxygen atoms in total. The van der Waals surface area contributed by atoms with E-state index in [-0.39, 0.29) is 23.8 Å². The van der Waals surface area contributed by atoms with Crippen LogP contribution >= 0.6 is 0 Å². The topological polar surface area (TPSA) is 72.6 Å². The largest absolute Gasteiger partial charge is 0.497 e. The first-order chi connectivity index (χ1) is 12.4. The standard InChI is InChI=1S/C21H24N2O3/c1-13-6-4-9-18-16(12-19(22)24)10-14(2)23(20(13)18)21(25)15-7-5-8-17(11-15)26-3/h4-9,11,14,16H,10,12H2,1-3H3,(H2,22,24). The molecule has 1 heterocycles. The number of benzene rings is 2. The molecule has 0 saturated heterocycles. The predicted molar refractivity (Wildman–Crippen MR) is 102 cm³/mol. The maximum atomic E-state index is 13.3. The predicted octanol–water partition coefficient (Wildman–Crippen LogP) is 3.40. The zero-order valence-corrected chi connectivity index (χ0v) is 15.4. The number of para-hydroxylation sites is 1. The molecule has 0 aliphatic carbocycles. The lowest BCUT2D eigenvalue weighted by molar-refractivity contribution is -0.118. The van der Waals surface area contributed by atoms with E-state index in [1.807, 2.05) is 49.1 Å². The van der Waals surface area contributed by atoms with E-state index in [9.17, 15) is 9.59 Å². The molecule has 26 heavy (non-hydrogen) atoms. The monoisotopic (exact) mass is 352 g/mol. The van der Waals surface area contributed by atoms with Crippen molar-refractivity contribution in [1.29, 1.82) is 0 Å². The number of primary amides is 1. The summed E-state index contributed by atoms with van der Waals surface area (Å²) >= 11 is 0. The summed E-state index contributed by atoms with van der Waals surface area (Å²) in [5.41, 5.74) is 8.95. The Morgan fingerprint density at radius 3 is 2.65 bits per heavy atom. The fourth-order valence-electron chi connectivity index (χ4n) is 3.84. The van der Waals surface area contributed by atoms with Gasteiger partial charge in [-0.2, -0.15) is 0 Å². The summed E-state index contributed by atoms with van der Waals surface area (Å²) in [5.74, 6) is 0.301. The molecule has 2 atom stereocenters. The number of ether oxygens (including phenoxy) is 1. The average Bonchev–Trinajstić information content (AvgIpc) is 2.61. The number of carbonyl (C=O) groups excluding carboxylic acids is 2. The van der Waals surface area contributed by atoms with Gasteiger partial charge in [-0.05, 0) is 55.5 Å². The van der Waals surface area contributed by atoms with Crippen molar-refractivity contribution in [3.63, 3.8) is 0 Å². The lowest BCUT2D eigenvalue weighted by Crippen LogP contribution is -2.44. The van der Waals surface area contributed by atoms with E-state index in [1.54, 1.807) is 19.2 Å². The quantitative estimate of drug-likeness (QED) is 0.916. The van der Waals surface area contributed by atoms with Gasteiger partial charge in [-0.3, -0.25) is 9.59 Å².